The fourth-order valence-electron chi connectivity index (χ4n) is 3.26. The minimum Gasteiger partial charge on any atom is -0.494 e. The fourth-order valence-corrected chi connectivity index (χ4v) is 3.26. The molecule has 0 aliphatic carbocycles. The van der Waals surface area contributed by atoms with Gasteiger partial charge in [-0.2, -0.15) is 0 Å². The second kappa shape index (κ2) is 9.06. The van der Waals surface area contributed by atoms with E-state index in [0.717, 1.165) is 63.7 Å². The summed E-state index contributed by atoms with van der Waals surface area (Å²) >= 11 is 0. The Kier molecular flexibility index (Phi) is 6.53. The predicted octanol–water partition coefficient (Wildman–Crippen LogP) is 1.79. The van der Waals surface area contributed by atoms with E-state index in [-0.39, 0.29) is 12.0 Å². The summed E-state index contributed by atoms with van der Waals surface area (Å²) in [5.41, 5.74) is 0. The molecule has 0 N–H and O–H groups in total. The lowest BCUT2D eigenvalue weighted by atomic mass is 10.2. The van der Waals surface area contributed by atoms with Crippen molar-refractivity contribution in [2.75, 3.05) is 52.5 Å². The molecule has 0 saturated carbocycles. The van der Waals surface area contributed by atoms with E-state index in [0.29, 0.717) is 13.2 Å². The SMILES string of the molecule is CCOc1ccc(OCCN2CCN(C(=O)[C@@H]3CCCO3)CC2)cc1. The average molecular weight is 348 g/mol. The topological polar surface area (TPSA) is 51.2 Å². The summed E-state index contributed by atoms with van der Waals surface area (Å²) in [7, 11) is 0. The number of piperazine rings is 1. The minimum atomic E-state index is -0.199. The van der Waals surface area contributed by atoms with Gasteiger partial charge in [0, 0.05) is 39.3 Å². The summed E-state index contributed by atoms with van der Waals surface area (Å²) < 4.78 is 16.7. The minimum absolute atomic E-state index is 0.169. The van der Waals surface area contributed by atoms with Crippen molar-refractivity contribution < 1.29 is 19.0 Å². The van der Waals surface area contributed by atoms with E-state index < -0.39 is 0 Å². The normalized spacial score (nSPS) is 21.3. The number of hydrogen-bond donors (Lipinski definition) is 0. The summed E-state index contributed by atoms with van der Waals surface area (Å²) in [6, 6.07) is 7.72. The number of amides is 1. The van der Waals surface area contributed by atoms with Crippen molar-refractivity contribution in [1.29, 1.82) is 0 Å². The number of rotatable bonds is 7. The zero-order valence-corrected chi connectivity index (χ0v) is 15.0. The van der Waals surface area contributed by atoms with Gasteiger partial charge in [0.2, 0.25) is 0 Å². The van der Waals surface area contributed by atoms with Crippen molar-refractivity contribution in [2.45, 2.75) is 25.9 Å². The predicted molar refractivity (Wildman–Crippen MR) is 95.1 cm³/mol. The zero-order valence-electron chi connectivity index (χ0n) is 15.0. The van der Waals surface area contributed by atoms with Crippen molar-refractivity contribution in [3.05, 3.63) is 24.3 Å². The lowest BCUT2D eigenvalue weighted by Gasteiger charge is -2.35. The third-order valence-corrected chi connectivity index (χ3v) is 4.70. The third-order valence-electron chi connectivity index (χ3n) is 4.70. The quantitative estimate of drug-likeness (QED) is 0.752. The van der Waals surface area contributed by atoms with Gasteiger partial charge in [-0.25, -0.2) is 0 Å². The second-order valence-electron chi connectivity index (χ2n) is 6.42. The Morgan fingerprint density at radius 1 is 1.12 bits per heavy atom. The number of benzene rings is 1. The highest BCUT2D eigenvalue weighted by Gasteiger charge is 2.30. The van der Waals surface area contributed by atoms with Crippen molar-refractivity contribution in [2.24, 2.45) is 0 Å². The third kappa shape index (κ3) is 5.09. The van der Waals surface area contributed by atoms with E-state index in [4.69, 9.17) is 14.2 Å². The summed E-state index contributed by atoms with van der Waals surface area (Å²) in [6.07, 6.45) is 1.67. The Morgan fingerprint density at radius 3 is 2.40 bits per heavy atom. The van der Waals surface area contributed by atoms with Gasteiger partial charge in [-0.15, -0.1) is 0 Å². The van der Waals surface area contributed by atoms with Crippen molar-refractivity contribution >= 4 is 5.91 Å². The molecule has 3 rings (SSSR count). The zero-order chi connectivity index (χ0) is 17.5. The number of carbonyl (C=O) groups excluding carboxylic acids is 1. The van der Waals surface area contributed by atoms with Crippen LogP contribution in [0.15, 0.2) is 24.3 Å². The molecule has 2 heterocycles. The van der Waals surface area contributed by atoms with Gasteiger partial charge in [0.05, 0.1) is 6.61 Å². The van der Waals surface area contributed by atoms with Gasteiger partial charge in [0.25, 0.3) is 5.91 Å². The van der Waals surface area contributed by atoms with Crippen LogP contribution in [-0.4, -0.2) is 74.4 Å². The molecule has 138 valence electrons. The lowest BCUT2D eigenvalue weighted by Crippen LogP contribution is -2.52. The molecule has 2 fully saturated rings. The molecule has 2 saturated heterocycles. The molecular formula is C19H28N2O4. The molecule has 6 nitrogen and oxygen atoms in total. The molecule has 2 aliphatic rings. The van der Waals surface area contributed by atoms with Crippen LogP contribution in [0.4, 0.5) is 0 Å². The van der Waals surface area contributed by atoms with E-state index in [1.165, 1.54) is 0 Å². The van der Waals surface area contributed by atoms with Crippen LogP contribution in [0.3, 0.4) is 0 Å². The first-order chi connectivity index (χ1) is 12.3. The maximum atomic E-state index is 12.3. The molecule has 25 heavy (non-hydrogen) atoms. The Hall–Kier alpha value is -1.79. The van der Waals surface area contributed by atoms with Gasteiger partial charge >= 0.3 is 0 Å². The van der Waals surface area contributed by atoms with E-state index in [9.17, 15) is 4.79 Å². The highest BCUT2D eigenvalue weighted by atomic mass is 16.5. The number of ether oxygens (including phenoxy) is 3. The van der Waals surface area contributed by atoms with Crippen molar-refractivity contribution in [3.63, 3.8) is 0 Å². The van der Waals surface area contributed by atoms with Gasteiger partial charge in [0.15, 0.2) is 0 Å². The van der Waals surface area contributed by atoms with E-state index >= 15 is 0 Å². The Morgan fingerprint density at radius 2 is 1.80 bits per heavy atom. The van der Waals surface area contributed by atoms with Crippen LogP contribution in [-0.2, 0) is 9.53 Å². The van der Waals surface area contributed by atoms with Gasteiger partial charge in [-0.05, 0) is 44.0 Å². The molecule has 0 aromatic heterocycles. The first-order valence-electron chi connectivity index (χ1n) is 9.24. The number of carbonyl (C=O) groups is 1. The largest absolute Gasteiger partial charge is 0.494 e. The number of nitrogens with zero attached hydrogens (tertiary/aromatic N) is 2. The van der Waals surface area contributed by atoms with Crippen LogP contribution in [0.5, 0.6) is 11.5 Å². The Bertz CT molecular complexity index is 535. The van der Waals surface area contributed by atoms with Crippen LogP contribution in [0.1, 0.15) is 19.8 Å². The van der Waals surface area contributed by atoms with Gasteiger partial charge in [0.1, 0.15) is 24.2 Å². The van der Waals surface area contributed by atoms with Crippen LogP contribution < -0.4 is 9.47 Å². The van der Waals surface area contributed by atoms with Crippen molar-refractivity contribution in [1.82, 2.24) is 9.80 Å². The van der Waals surface area contributed by atoms with Gasteiger partial charge < -0.3 is 19.1 Å². The van der Waals surface area contributed by atoms with Crippen LogP contribution in [0.25, 0.3) is 0 Å². The highest BCUT2D eigenvalue weighted by molar-refractivity contribution is 5.81. The van der Waals surface area contributed by atoms with E-state index in [2.05, 4.69) is 4.90 Å². The molecule has 1 amide bonds. The molecule has 0 unspecified atom stereocenters. The molecule has 1 aromatic carbocycles. The molecule has 1 aromatic rings. The molecule has 2 aliphatic heterocycles. The fraction of sp³-hybridized carbons (Fsp3) is 0.632. The summed E-state index contributed by atoms with van der Waals surface area (Å²) in [5, 5.41) is 0. The molecule has 6 heteroatoms. The maximum Gasteiger partial charge on any atom is 0.251 e. The molecule has 0 spiro atoms. The molecule has 0 bridgehead atoms. The van der Waals surface area contributed by atoms with Gasteiger partial charge in [-0.1, -0.05) is 0 Å². The standard InChI is InChI=1S/C19H28N2O4/c1-2-23-16-5-7-17(8-6-16)24-15-13-20-9-11-21(12-10-20)19(22)18-4-3-14-25-18/h5-8,18H,2-4,9-15H2,1H3/t18-/m0/s1. The van der Waals surface area contributed by atoms with Crippen LogP contribution >= 0.6 is 0 Å². The van der Waals surface area contributed by atoms with Crippen molar-refractivity contribution in [3.8, 4) is 11.5 Å². The molecular weight excluding hydrogens is 320 g/mol. The second-order valence-corrected chi connectivity index (χ2v) is 6.42. The summed E-state index contributed by atoms with van der Waals surface area (Å²) in [6.45, 7) is 8.22. The number of hydrogen-bond acceptors (Lipinski definition) is 5. The molecule has 0 radical (unpaired) electrons. The van der Waals surface area contributed by atoms with E-state index in [1.807, 2.05) is 36.1 Å². The highest BCUT2D eigenvalue weighted by Crippen LogP contribution is 2.18. The lowest BCUT2D eigenvalue weighted by molar-refractivity contribution is -0.142. The van der Waals surface area contributed by atoms with E-state index in [1.54, 1.807) is 0 Å². The Labute approximate surface area is 149 Å². The van der Waals surface area contributed by atoms with Crippen LogP contribution in [0.2, 0.25) is 0 Å². The first kappa shape index (κ1) is 18.0. The smallest absolute Gasteiger partial charge is 0.251 e. The average Bonchev–Trinajstić information content (AvgIpc) is 3.18. The summed E-state index contributed by atoms with van der Waals surface area (Å²) in [5.74, 6) is 1.89. The van der Waals surface area contributed by atoms with Crippen LogP contribution in [0, 0.1) is 0 Å². The Balaban J connectivity index is 1.34. The summed E-state index contributed by atoms with van der Waals surface area (Å²) in [4.78, 5) is 16.6. The monoisotopic (exact) mass is 348 g/mol. The first-order valence-corrected chi connectivity index (χ1v) is 9.24. The van der Waals surface area contributed by atoms with Gasteiger partial charge in [-0.3, -0.25) is 9.69 Å². The maximum absolute atomic E-state index is 12.3. The molecule has 1 atom stereocenters.